The Kier molecular flexibility index (Phi) is 2.98. The molecule has 1 unspecified atom stereocenters. The lowest BCUT2D eigenvalue weighted by Crippen LogP contribution is -2.35. The van der Waals surface area contributed by atoms with Gasteiger partial charge < -0.3 is 0 Å². The molecule has 2 nitrogen and oxygen atoms in total. The topological polar surface area (TPSA) is 34.1 Å². The van der Waals surface area contributed by atoms with Crippen molar-refractivity contribution in [2.75, 3.05) is 0 Å². The fourth-order valence-corrected chi connectivity index (χ4v) is 4.55. The fourth-order valence-electron chi connectivity index (χ4n) is 2.99. The first-order valence-electron chi connectivity index (χ1n) is 6.04. The molecule has 3 rings (SSSR count). The Morgan fingerprint density at radius 1 is 1.17 bits per heavy atom. The Balaban J connectivity index is 2.21. The summed E-state index contributed by atoms with van der Waals surface area (Å²) in [6.45, 7) is 0. The number of alkyl halides is 2. The summed E-state index contributed by atoms with van der Waals surface area (Å²) in [5.41, 5.74) is 1.11. The first-order chi connectivity index (χ1) is 8.53. The van der Waals surface area contributed by atoms with E-state index in [2.05, 4.69) is 31.9 Å². The van der Waals surface area contributed by atoms with E-state index in [4.69, 9.17) is 0 Å². The van der Waals surface area contributed by atoms with Crippen molar-refractivity contribution in [3.05, 3.63) is 35.4 Å². The van der Waals surface area contributed by atoms with Crippen LogP contribution in [-0.4, -0.2) is 20.7 Å². The molecule has 0 aliphatic heterocycles. The van der Waals surface area contributed by atoms with Gasteiger partial charge in [-0.1, -0.05) is 56.1 Å². The lowest BCUT2D eigenvalue weighted by Gasteiger charge is -2.26. The Morgan fingerprint density at radius 2 is 1.83 bits per heavy atom. The molecule has 2 aliphatic carbocycles. The van der Waals surface area contributed by atoms with Gasteiger partial charge in [0.15, 0.2) is 11.6 Å². The zero-order chi connectivity index (χ0) is 12.9. The summed E-state index contributed by atoms with van der Waals surface area (Å²) < 4.78 is -0.472. The highest BCUT2D eigenvalue weighted by Crippen LogP contribution is 2.48. The van der Waals surface area contributed by atoms with Crippen LogP contribution in [0.4, 0.5) is 0 Å². The molecular weight excluding hydrogens is 360 g/mol. The number of halogens is 2. The van der Waals surface area contributed by atoms with Crippen molar-refractivity contribution in [3.63, 3.8) is 0 Å². The summed E-state index contributed by atoms with van der Waals surface area (Å²) in [5, 5.41) is 0. The second-order valence-electron chi connectivity index (χ2n) is 5.11. The number of fused-ring (bicyclic) bond motifs is 3. The normalized spacial score (nSPS) is 35.0. The SMILES string of the molecule is O=C1c2ccccc2C(=O)[C@]2(Br)CC[C@@H](C2)C1Br. The van der Waals surface area contributed by atoms with E-state index in [9.17, 15) is 9.59 Å². The molecule has 4 heteroatoms. The molecule has 2 bridgehead atoms. The predicted molar refractivity (Wildman–Crippen MR) is 76.8 cm³/mol. The smallest absolute Gasteiger partial charge is 0.180 e. The van der Waals surface area contributed by atoms with Gasteiger partial charge in [-0.15, -0.1) is 0 Å². The predicted octanol–water partition coefficient (Wildman–Crippen LogP) is 3.76. The van der Waals surface area contributed by atoms with Crippen LogP contribution in [0.5, 0.6) is 0 Å². The fraction of sp³-hybridized carbons (Fsp3) is 0.429. The van der Waals surface area contributed by atoms with Crippen molar-refractivity contribution >= 4 is 43.4 Å². The van der Waals surface area contributed by atoms with E-state index in [1.54, 1.807) is 12.1 Å². The third-order valence-corrected chi connectivity index (χ3v) is 6.25. The quantitative estimate of drug-likeness (QED) is 0.650. The van der Waals surface area contributed by atoms with Gasteiger partial charge in [-0.25, -0.2) is 0 Å². The van der Waals surface area contributed by atoms with Gasteiger partial charge in [0.25, 0.3) is 0 Å². The van der Waals surface area contributed by atoms with Gasteiger partial charge in [-0.05, 0) is 25.2 Å². The number of hydrogen-bond donors (Lipinski definition) is 0. The van der Waals surface area contributed by atoms with Gasteiger partial charge in [0.05, 0.1) is 9.15 Å². The third-order valence-electron chi connectivity index (χ3n) is 4.01. The van der Waals surface area contributed by atoms with Crippen LogP contribution in [0.3, 0.4) is 0 Å². The minimum atomic E-state index is -0.472. The molecule has 0 N–H and O–H groups in total. The van der Waals surface area contributed by atoms with Crippen LogP contribution in [0.15, 0.2) is 24.3 Å². The number of Topliss-reactive ketones (excluding diaryl/α,β-unsaturated/α-hetero) is 2. The summed E-state index contributed by atoms with van der Waals surface area (Å²) in [4.78, 5) is 24.8. The molecule has 1 aromatic carbocycles. The van der Waals surface area contributed by atoms with Gasteiger partial charge in [-0.2, -0.15) is 0 Å². The number of ketones is 2. The molecular formula is C14H12Br2O2. The number of benzene rings is 1. The van der Waals surface area contributed by atoms with E-state index < -0.39 is 4.32 Å². The standard InChI is InChI=1S/C14H12Br2O2/c15-11-8-5-6-14(16,7-8)13(18)10-4-2-1-3-9(10)12(11)17/h1-4,8,11H,5-7H2/t8-,11?,14-/m0/s1. The van der Waals surface area contributed by atoms with Crippen molar-refractivity contribution in [2.24, 2.45) is 5.92 Å². The van der Waals surface area contributed by atoms with Crippen molar-refractivity contribution in [3.8, 4) is 0 Å². The van der Waals surface area contributed by atoms with Crippen LogP contribution >= 0.6 is 31.9 Å². The number of rotatable bonds is 0. The van der Waals surface area contributed by atoms with Gasteiger partial charge in [-0.3, -0.25) is 9.59 Å². The van der Waals surface area contributed by atoms with Crippen molar-refractivity contribution < 1.29 is 9.59 Å². The molecule has 3 atom stereocenters. The molecule has 0 heterocycles. The highest BCUT2D eigenvalue weighted by atomic mass is 79.9. The minimum Gasteiger partial charge on any atom is -0.293 e. The van der Waals surface area contributed by atoms with E-state index in [1.807, 2.05) is 12.1 Å². The van der Waals surface area contributed by atoms with Gasteiger partial charge in [0.1, 0.15) is 0 Å². The maximum atomic E-state index is 12.6. The molecule has 2 aliphatic rings. The Morgan fingerprint density at radius 3 is 2.56 bits per heavy atom. The van der Waals surface area contributed by atoms with Gasteiger partial charge in [0, 0.05) is 11.1 Å². The molecule has 94 valence electrons. The van der Waals surface area contributed by atoms with Gasteiger partial charge >= 0.3 is 0 Å². The highest BCUT2D eigenvalue weighted by molar-refractivity contribution is 9.10. The molecule has 1 fully saturated rings. The zero-order valence-corrected chi connectivity index (χ0v) is 12.8. The Bertz CT molecular complexity index is 540. The summed E-state index contributed by atoms with van der Waals surface area (Å²) in [5.74, 6) is 0.350. The maximum Gasteiger partial charge on any atom is 0.180 e. The van der Waals surface area contributed by atoms with Crippen LogP contribution < -0.4 is 0 Å². The van der Waals surface area contributed by atoms with Crippen LogP contribution in [0.1, 0.15) is 40.0 Å². The highest BCUT2D eigenvalue weighted by Gasteiger charge is 2.49. The molecule has 1 saturated carbocycles. The lowest BCUT2D eigenvalue weighted by atomic mass is 9.85. The summed E-state index contributed by atoms with van der Waals surface area (Å²) >= 11 is 7.15. The zero-order valence-electron chi connectivity index (χ0n) is 9.66. The maximum absolute atomic E-state index is 12.6. The summed E-state index contributed by atoms with van der Waals surface area (Å²) in [7, 11) is 0. The van der Waals surface area contributed by atoms with Crippen LogP contribution in [0.2, 0.25) is 0 Å². The molecule has 0 saturated heterocycles. The second kappa shape index (κ2) is 4.27. The first-order valence-corrected chi connectivity index (χ1v) is 7.75. The average molecular weight is 372 g/mol. The van der Waals surface area contributed by atoms with Crippen molar-refractivity contribution in [1.82, 2.24) is 0 Å². The first kappa shape index (κ1) is 12.5. The van der Waals surface area contributed by atoms with Crippen LogP contribution in [0.25, 0.3) is 0 Å². The monoisotopic (exact) mass is 370 g/mol. The number of hydrogen-bond acceptors (Lipinski definition) is 2. The minimum absolute atomic E-state index is 0.0420. The van der Waals surface area contributed by atoms with Crippen molar-refractivity contribution in [2.45, 2.75) is 28.4 Å². The summed E-state index contributed by atoms with van der Waals surface area (Å²) in [6, 6.07) is 7.15. The largest absolute Gasteiger partial charge is 0.293 e. The molecule has 0 amide bonds. The van der Waals surface area contributed by atoms with E-state index in [0.717, 1.165) is 19.3 Å². The van der Waals surface area contributed by atoms with Crippen LogP contribution in [-0.2, 0) is 0 Å². The van der Waals surface area contributed by atoms with Gasteiger partial charge in [0.2, 0.25) is 0 Å². The molecule has 0 aromatic heterocycles. The van der Waals surface area contributed by atoms with E-state index in [0.29, 0.717) is 11.1 Å². The molecule has 18 heavy (non-hydrogen) atoms. The summed E-state index contributed by atoms with van der Waals surface area (Å²) in [6.07, 6.45) is 2.45. The van der Waals surface area contributed by atoms with E-state index in [1.165, 1.54) is 0 Å². The number of carbonyl (C=O) groups is 2. The average Bonchev–Trinajstić information content (AvgIpc) is 2.80. The second-order valence-corrected chi connectivity index (χ2v) is 7.61. The molecule has 1 aromatic rings. The third kappa shape index (κ3) is 1.73. The van der Waals surface area contributed by atoms with Crippen molar-refractivity contribution in [1.29, 1.82) is 0 Å². The Hall–Kier alpha value is -0.480. The lowest BCUT2D eigenvalue weighted by molar-refractivity contribution is 0.0909. The van der Waals surface area contributed by atoms with E-state index in [-0.39, 0.29) is 22.3 Å². The molecule has 0 radical (unpaired) electrons. The number of carbonyl (C=O) groups excluding carboxylic acids is 2. The molecule has 0 spiro atoms. The van der Waals surface area contributed by atoms with E-state index >= 15 is 0 Å². The Labute approximate surface area is 122 Å². The van der Waals surface area contributed by atoms with Crippen LogP contribution in [0, 0.1) is 5.92 Å².